The van der Waals surface area contributed by atoms with Gasteiger partial charge in [-0.05, 0) is 54.5 Å². The Hall–Kier alpha value is -2.15. The van der Waals surface area contributed by atoms with Crippen LogP contribution >= 0.6 is 0 Å². The molecule has 0 aliphatic carbocycles. The molecule has 2 atom stereocenters. The van der Waals surface area contributed by atoms with Crippen molar-refractivity contribution in [2.45, 2.75) is 41.0 Å². The van der Waals surface area contributed by atoms with Gasteiger partial charge in [0.25, 0.3) is 0 Å². The van der Waals surface area contributed by atoms with Gasteiger partial charge in [0.15, 0.2) is 0 Å². The van der Waals surface area contributed by atoms with E-state index in [1.807, 2.05) is 12.3 Å². The quantitative estimate of drug-likeness (QED) is 0.494. The highest BCUT2D eigenvalue weighted by molar-refractivity contribution is 5.92. The molecule has 0 spiro atoms. The van der Waals surface area contributed by atoms with E-state index in [9.17, 15) is 0 Å². The lowest BCUT2D eigenvalue weighted by molar-refractivity contribution is 0.222. The zero-order chi connectivity index (χ0) is 18.4. The maximum atomic E-state index is 4.79. The lowest BCUT2D eigenvalue weighted by Gasteiger charge is -2.40. The number of hydrogen-bond acceptors (Lipinski definition) is 1. The van der Waals surface area contributed by atoms with Gasteiger partial charge in [0.2, 0.25) is 0 Å². The van der Waals surface area contributed by atoms with Gasteiger partial charge in [0, 0.05) is 11.6 Å². The fourth-order valence-electron chi connectivity index (χ4n) is 3.81. The number of fused-ring (bicyclic) bond motifs is 1. The highest BCUT2D eigenvalue weighted by atomic mass is 14.7. The number of hydrogen-bond donors (Lipinski definition) is 0. The van der Waals surface area contributed by atoms with Crippen LogP contribution in [0.15, 0.2) is 67.4 Å². The van der Waals surface area contributed by atoms with Crippen LogP contribution in [-0.4, -0.2) is 4.98 Å². The summed E-state index contributed by atoms with van der Waals surface area (Å²) in [5.74, 6) is 0.850. The Morgan fingerprint density at radius 3 is 2.52 bits per heavy atom. The molecule has 0 amide bonds. The third-order valence-corrected chi connectivity index (χ3v) is 5.56. The third-order valence-electron chi connectivity index (χ3n) is 5.56. The average Bonchev–Trinajstić information content (AvgIpc) is 2.61. The number of allylic oxidation sites excluding steroid dienone is 5. The topological polar surface area (TPSA) is 12.9 Å². The van der Waals surface area contributed by atoms with Crippen molar-refractivity contribution in [3.63, 3.8) is 0 Å². The zero-order valence-electron chi connectivity index (χ0n) is 16.3. The fraction of sp³-hybridized carbons (Fsp3) is 0.375. The maximum absolute atomic E-state index is 4.79. The minimum absolute atomic E-state index is 0.0450. The van der Waals surface area contributed by atoms with Gasteiger partial charge in [-0.25, -0.2) is 0 Å². The Labute approximate surface area is 153 Å². The van der Waals surface area contributed by atoms with E-state index in [1.165, 1.54) is 16.3 Å². The van der Waals surface area contributed by atoms with Gasteiger partial charge >= 0.3 is 0 Å². The first-order valence-electron chi connectivity index (χ1n) is 9.24. The van der Waals surface area contributed by atoms with Gasteiger partial charge in [0.05, 0.1) is 5.69 Å². The van der Waals surface area contributed by atoms with Crippen LogP contribution in [0.4, 0.5) is 0 Å². The van der Waals surface area contributed by atoms with Crippen LogP contribution in [-0.2, 0) is 0 Å². The summed E-state index contributed by atoms with van der Waals surface area (Å²) in [5.41, 5.74) is 2.46. The number of pyridine rings is 1. The smallest absolute Gasteiger partial charge is 0.0739 e. The van der Waals surface area contributed by atoms with E-state index in [2.05, 4.69) is 89.8 Å². The summed E-state index contributed by atoms with van der Waals surface area (Å²) >= 11 is 0. The zero-order valence-corrected chi connectivity index (χ0v) is 16.3. The summed E-state index contributed by atoms with van der Waals surface area (Å²) in [6.07, 6.45) is 11.7. The van der Waals surface area contributed by atoms with Gasteiger partial charge in [-0.1, -0.05) is 69.3 Å². The molecule has 0 saturated heterocycles. The van der Waals surface area contributed by atoms with Crippen LogP contribution in [0, 0.1) is 17.3 Å². The summed E-state index contributed by atoms with van der Waals surface area (Å²) in [5, 5.41) is 2.46. The minimum Gasteiger partial charge on any atom is -0.256 e. The molecular formula is C24H31N. The maximum Gasteiger partial charge on any atom is 0.0739 e. The van der Waals surface area contributed by atoms with Crippen LogP contribution in [0.1, 0.15) is 46.7 Å². The van der Waals surface area contributed by atoms with Crippen molar-refractivity contribution in [3.8, 4) is 0 Å². The second-order valence-electron chi connectivity index (χ2n) is 7.22. The van der Waals surface area contributed by atoms with E-state index in [0.29, 0.717) is 11.8 Å². The standard InChI is InChI=1S/C24H31N/c1-7-12-22(24(6,16-8-2)18(4)5)20(9-3)23-21-14-11-10-13-19(21)15-17-25-23/h7-11,13-18,22H,1,12H2,2-6H3/b16-8?,20-9+. The normalized spacial score (nSPS) is 16.3. The SMILES string of the molecule is C=CCC(/C(=C\C)c1nccc2ccccc12)C(C)(C=CC)C(C)C. The molecular weight excluding hydrogens is 302 g/mol. The minimum atomic E-state index is 0.0450. The molecule has 2 aromatic rings. The fourth-order valence-corrected chi connectivity index (χ4v) is 3.81. The molecule has 0 fully saturated rings. The summed E-state index contributed by atoms with van der Waals surface area (Å²) in [7, 11) is 0. The molecule has 1 nitrogen and oxygen atoms in total. The van der Waals surface area contributed by atoms with E-state index >= 15 is 0 Å². The Morgan fingerprint density at radius 1 is 1.20 bits per heavy atom. The van der Waals surface area contributed by atoms with Crippen molar-refractivity contribution < 1.29 is 0 Å². The van der Waals surface area contributed by atoms with E-state index in [1.54, 1.807) is 0 Å². The highest BCUT2D eigenvalue weighted by Gasteiger charge is 2.37. The lowest BCUT2D eigenvalue weighted by atomic mass is 9.64. The second kappa shape index (κ2) is 8.29. The highest BCUT2D eigenvalue weighted by Crippen LogP contribution is 2.46. The molecule has 1 heterocycles. The van der Waals surface area contributed by atoms with Crippen molar-refractivity contribution in [2.75, 3.05) is 0 Å². The van der Waals surface area contributed by atoms with Crippen LogP contribution < -0.4 is 0 Å². The molecule has 1 heteroatoms. The number of rotatable bonds is 7. The number of aromatic nitrogens is 1. The molecule has 2 rings (SSSR count). The van der Waals surface area contributed by atoms with Crippen molar-refractivity contribution in [1.29, 1.82) is 0 Å². The van der Waals surface area contributed by atoms with Crippen LogP contribution in [0.2, 0.25) is 0 Å². The van der Waals surface area contributed by atoms with Gasteiger partial charge in [0.1, 0.15) is 0 Å². The van der Waals surface area contributed by atoms with Crippen molar-refractivity contribution >= 4 is 16.3 Å². The largest absolute Gasteiger partial charge is 0.256 e. The second-order valence-corrected chi connectivity index (χ2v) is 7.22. The first-order chi connectivity index (χ1) is 12.0. The monoisotopic (exact) mass is 333 g/mol. The number of benzene rings is 1. The Kier molecular flexibility index (Phi) is 6.36. The van der Waals surface area contributed by atoms with E-state index < -0.39 is 0 Å². The first-order valence-corrected chi connectivity index (χ1v) is 9.24. The van der Waals surface area contributed by atoms with Crippen molar-refractivity contribution in [1.82, 2.24) is 4.98 Å². The predicted octanol–water partition coefficient (Wildman–Crippen LogP) is 7.07. The van der Waals surface area contributed by atoms with E-state index in [-0.39, 0.29) is 5.41 Å². The third kappa shape index (κ3) is 3.76. The van der Waals surface area contributed by atoms with Crippen molar-refractivity contribution in [3.05, 3.63) is 73.1 Å². The Morgan fingerprint density at radius 2 is 1.92 bits per heavy atom. The van der Waals surface area contributed by atoms with Gasteiger partial charge in [-0.2, -0.15) is 0 Å². The number of nitrogens with zero attached hydrogens (tertiary/aromatic N) is 1. The molecule has 0 radical (unpaired) electrons. The van der Waals surface area contributed by atoms with Crippen LogP contribution in [0.25, 0.3) is 16.3 Å². The first kappa shape index (κ1) is 19.2. The van der Waals surface area contributed by atoms with Crippen molar-refractivity contribution in [2.24, 2.45) is 17.3 Å². The predicted molar refractivity (Wildman–Crippen MR) is 111 cm³/mol. The summed E-state index contributed by atoms with van der Waals surface area (Å²) < 4.78 is 0. The lowest BCUT2D eigenvalue weighted by Crippen LogP contribution is -2.32. The molecule has 1 aromatic heterocycles. The molecule has 1 aromatic carbocycles. The summed E-state index contributed by atoms with van der Waals surface area (Å²) in [6.45, 7) is 15.2. The summed E-state index contributed by atoms with van der Waals surface area (Å²) in [6, 6.07) is 10.6. The Bertz CT molecular complexity index is 776. The Balaban J connectivity index is 2.68. The average molecular weight is 334 g/mol. The molecule has 0 aliphatic rings. The molecule has 0 aliphatic heterocycles. The molecule has 132 valence electrons. The van der Waals surface area contributed by atoms with Gasteiger partial charge in [-0.3, -0.25) is 4.98 Å². The van der Waals surface area contributed by atoms with E-state index in [0.717, 1.165) is 12.1 Å². The molecule has 0 N–H and O–H groups in total. The van der Waals surface area contributed by atoms with Crippen LogP contribution in [0.5, 0.6) is 0 Å². The summed E-state index contributed by atoms with van der Waals surface area (Å²) in [4.78, 5) is 4.79. The van der Waals surface area contributed by atoms with E-state index in [4.69, 9.17) is 4.98 Å². The van der Waals surface area contributed by atoms with Gasteiger partial charge in [-0.15, -0.1) is 6.58 Å². The molecule has 2 unspecified atom stereocenters. The molecule has 25 heavy (non-hydrogen) atoms. The molecule has 0 bridgehead atoms. The van der Waals surface area contributed by atoms with Gasteiger partial charge < -0.3 is 0 Å². The van der Waals surface area contributed by atoms with Crippen LogP contribution in [0.3, 0.4) is 0 Å². The molecule has 0 saturated carbocycles.